The molecule has 0 spiro atoms. The molecule has 0 rings (SSSR count). The topological polar surface area (TPSA) is 18.5 Å². The number of unbranched alkanes of at least 4 members (excludes halogenated alkanes) is 27. The van der Waals surface area contributed by atoms with E-state index in [9.17, 15) is 0 Å². The smallest absolute Gasteiger partial charge is 0.0700 e. The maximum atomic E-state index is 5.76. The summed E-state index contributed by atoms with van der Waals surface area (Å²) < 4.78 is 11.5. The van der Waals surface area contributed by atoms with Crippen molar-refractivity contribution in [2.45, 2.75) is 206 Å². The van der Waals surface area contributed by atoms with Crippen LogP contribution in [-0.4, -0.2) is 26.4 Å². The van der Waals surface area contributed by atoms with Gasteiger partial charge in [-0.2, -0.15) is 0 Å². The monoisotopic (exact) mass is 565 g/mol. The molecule has 0 bridgehead atoms. The fourth-order valence-electron chi connectivity index (χ4n) is 5.53. The Balaban J connectivity index is 3.05. The molecule has 2 heteroatoms. The second kappa shape index (κ2) is 38.7. The molecule has 0 aromatic rings. The number of rotatable bonds is 36. The van der Waals surface area contributed by atoms with Crippen molar-refractivity contribution in [3.05, 3.63) is 12.2 Å². The summed E-state index contributed by atoms with van der Waals surface area (Å²) in [5.74, 6) is 0. The van der Waals surface area contributed by atoms with Gasteiger partial charge in [-0.25, -0.2) is 0 Å². The van der Waals surface area contributed by atoms with Gasteiger partial charge >= 0.3 is 0 Å². The Morgan fingerprint density at radius 1 is 0.275 bits per heavy atom. The molecular weight excluding hydrogens is 488 g/mol. The lowest BCUT2D eigenvalue weighted by Gasteiger charge is -2.06. The molecule has 0 aliphatic rings. The van der Waals surface area contributed by atoms with Gasteiger partial charge in [-0.15, -0.1) is 0 Å². The molecule has 0 aromatic carbocycles. The van der Waals surface area contributed by atoms with Crippen LogP contribution in [0, 0.1) is 0 Å². The Morgan fingerprint density at radius 3 is 0.825 bits per heavy atom. The first-order chi connectivity index (χ1) is 19.9. The molecule has 0 radical (unpaired) electrons. The van der Waals surface area contributed by atoms with Crippen LogP contribution in [0.1, 0.15) is 206 Å². The Kier molecular flexibility index (Phi) is 38.3. The van der Waals surface area contributed by atoms with Crippen molar-refractivity contribution < 1.29 is 9.47 Å². The molecule has 0 unspecified atom stereocenters. The SMILES string of the molecule is CCCCCCCC/C=C/CCCCCCCCOCCOCCCCCCCCCCCCCCCCCC. The molecule has 0 amide bonds. The van der Waals surface area contributed by atoms with Crippen LogP contribution >= 0.6 is 0 Å². The average molecular weight is 565 g/mol. The first-order valence-corrected chi connectivity index (χ1v) is 18.7. The molecule has 0 saturated carbocycles. The third-order valence-electron chi connectivity index (χ3n) is 8.31. The summed E-state index contributed by atoms with van der Waals surface area (Å²) in [6.07, 6.45) is 46.5. The Labute approximate surface area is 254 Å². The van der Waals surface area contributed by atoms with Crippen molar-refractivity contribution in [2.75, 3.05) is 26.4 Å². The number of hydrogen-bond donors (Lipinski definition) is 0. The maximum Gasteiger partial charge on any atom is 0.0700 e. The summed E-state index contributed by atoms with van der Waals surface area (Å²) in [5.41, 5.74) is 0. The Morgan fingerprint density at radius 2 is 0.525 bits per heavy atom. The molecule has 2 nitrogen and oxygen atoms in total. The Hall–Kier alpha value is -0.340. The molecule has 0 fully saturated rings. The minimum absolute atomic E-state index is 0.768. The quantitative estimate of drug-likeness (QED) is 0.0556. The van der Waals surface area contributed by atoms with E-state index in [1.165, 1.54) is 193 Å². The van der Waals surface area contributed by atoms with E-state index in [4.69, 9.17) is 9.47 Å². The highest BCUT2D eigenvalue weighted by molar-refractivity contribution is 4.81. The molecule has 40 heavy (non-hydrogen) atoms. The lowest BCUT2D eigenvalue weighted by Crippen LogP contribution is -2.06. The molecule has 0 aliphatic heterocycles. The van der Waals surface area contributed by atoms with Crippen LogP contribution in [-0.2, 0) is 9.47 Å². The molecular formula is C38H76O2. The molecule has 0 N–H and O–H groups in total. The van der Waals surface area contributed by atoms with E-state index in [0.29, 0.717) is 0 Å². The number of allylic oxidation sites excluding steroid dienone is 2. The van der Waals surface area contributed by atoms with E-state index in [0.717, 1.165) is 26.4 Å². The van der Waals surface area contributed by atoms with Crippen LogP contribution in [0.15, 0.2) is 12.2 Å². The van der Waals surface area contributed by atoms with Gasteiger partial charge in [0, 0.05) is 13.2 Å². The van der Waals surface area contributed by atoms with Crippen LogP contribution in [0.3, 0.4) is 0 Å². The lowest BCUT2D eigenvalue weighted by molar-refractivity contribution is 0.0448. The van der Waals surface area contributed by atoms with E-state index < -0.39 is 0 Å². The van der Waals surface area contributed by atoms with Crippen LogP contribution in [0.5, 0.6) is 0 Å². The van der Waals surface area contributed by atoms with Gasteiger partial charge in [0.25, 0.3) is 0 Å². The normalized spacial score (nSPS) is 11.8. The van der Waals surface area contributed by atoms with Gasteiger partial charge in [-0.1, -0.05) is 180 Å². The molecule has 0 atom stereocenters. The predicted molar refractivity (Wildman–Crippen MR) is 181 cm³/mol. The third-order valence-corrected chi connectivity index (χ3v) is 8.31. The van der Waals surface area contributed by atoms with E-state index in [1.54, 1.807) is 0 Å². The number of ether oxygens (including phenoxy) is 2. The molecule has 0 heterocycles. The summed E-state index contributed by atoms with van der Waals surface area (Å²) in [6, 6.07) is 0. The highest BCUT2D eigenvalue weighted by Gasteiger charge is 1.96. The summed E-state index contributed by atoms with van der Waals surface area (Å²) in [4.78, 5) is 0. The molecule has 0 aromatic heterocycles. The minimum atomic E-state index is 0.768. The predicted octanol–water partition coefficient (Wildman–Crippen LogP) is 13.3. The van der Waals surface area contributed by atoms with Gasteiger partial charge in [0.2, 0.25) is 0 Å². The zero-order valence-corrected chi connectivity index (χ0v) is 28.0. The maximum absolute atomic E-state index is 5.76. The third kappa shape index (κ3) is 37.7. The van der Waals surface area contributed by atoms with Crippen LogP contribution in [0.25, 0.3) is 0 Å². The van der Waals surface area contributed by atoms with Crippen LogP contribution < -0.4 is 0 Å². The summed E-state index contributed by atoms with van der Waals surface area (Å²) >= 11 is 0. The average Bonchev–Trinajstić information content (AvgIpc) is 2.97. The second-order valence-corrected chi connectivity index (χ2v) is 12.5. The van der Waals surface area contributed by atoms with Crippen molar-refractivity contribution in [1.29, 1.82) is 0 Å². The summed E-state index contributed by atoms with van der Waals surface area (Å²) in [6.45, 7) is 7.94. The van der Waals surface area contributed by atoms with Crippen molar-refractivity contribution in [3.8, 4) is 0 Å². The first kappa shape index (κ1) is 39.7. The van der Waals surface area contributed by atoms with Gasteiger partial charge in [0.05, 0.1) is 13.2 Å². The molecule has 0 saturated heterocycles. The van der Waals surface area contributed by atoms with E-state index in [2.05, 4.69) is 26.0 Å². The van der Waals surface area contributed by atoms with E-state index >= 15 is 0 Å². The fourth-order valence-corrected chi connectivity index (χ4v) is 5.53. The zero-order chi connectivity index (χ0) is 28.9. The van der Waals surface area contributed by atoms with Gasteiger partial charge < -0.3 is 9.47 Å². The zero-order valence-electron chi connectivity index (χ0n) is 28.0. The highest BCUT2D eigenvalue weighted by Crippen LogP contribution is 2.14. The second-order valence-electron chi connectivity index (χ2n) is 12.5. The first-order valence-electron chi connectivity index (χ1n) is 18.7. The van der Waals surface area contributed by atoms with Crippen molar-refractivity contribution >= 4 is 0 Å². The Bertz CT molecular complexity index is 447. The van der Waals surface area contributed by atoms with E-state index in [1.807, 2.05) is 0 Å². The largest absolute Gasteiger partial charge is 0.379 e. The van der Waals surface area contributed by atoms with E-state index in [-0.39, 0.29) is 0 Å². The van der Waals surface area contributed by atoms with Gasteiger partial charge in [0.15, 0.2) is 0 Å². The van der Waals surface area contributed by atoms with Crippen molar-refractivity contribution in [3.63, 3.8) is 0 Å². The van der Waals surface area contributed by atoms with Crippen molar-refractivity contribution in [1.82, 2.24) is 0 Å². The van der Waals surface area contributed by atoms with Gasteiger partial charge in [-0.3, -0.25) is 0 Å². The lowest BCUT2D eigenvalue weighted by atomic mass is 10.0. The van der Waals surface area contributed by atoms with Crippen LogP contribution in [0.2, 0.25) is 0 Å². The standard InChI is InChI=1S/C38H76O2/c1-3-5-7-9-11-13-15-17-19-21-23-25-27-29-31-33-35-39-37-38-40-36-34-32-30-28-26-24-22-20-18-16-14-12-10-8-6-4-2/h17,19H,3-16,18,20-38H2,1-2H3/b19-17+. The molecule has 240 valence electrons. The highest BCUT2D eigenvalue weighted by atomic mass is 16.5. The van der Waals surface area contributed by atoms with Gasteiger partial charge in [-0.05, 0) is 38.5 Å². The molecule has 0 aliphatic carbocycles. The minimum Gasteiger partial charge on any atom is -0.379 e. The fraction of sp³-hybridized carbons (Fsp3) is 0.947. The van der Waals surface area contributed by atoms with Gasteiger partial charge in [0.1, 0.15) is 0 Å². The summed E-state index contributed by atoms with van der Waals surface area (Å²) in [7, 11) is 0. The number of hydrogen-bond acceptors (Lipinski definition) is 2. The van der Waals surface area contributed by atoms with Crippen LogP contribution in [0.4, 0.5) is 0 Å². The summed E-state index contributed by atoms with van der Waals surface area (Å²) in [5, 5.41) is 0. The van der Waals surface area contributed by atoms with Crippen molar-refractivity contribution in [2.24, 2.45) is 0 Å².